The second-order valence-electron chi connectivity index (χ2n) is 5.65. The molecule has 0 atom stereocenters. The van der Waals surface area contributed by atoms with Crippen LogP contribution in [0.15, 0.2) is 45.4 Å². The van der Waals surface area contributed by atoms with Crippen LogP contribution in [0, 0.1) is 6.92 Å². The van der Waals surface area contributed by atoms with E-state index in [1.807, 2.05) is 6.07 Å². The van der Waals surface area contributed by atoms with Crippen molar-refractivity contribution in [1.29, 1.82) is 0 Å². The molecule has 2 aromatic heterocycles. The zero-order valence-electron chi connectivity index (χ0n) is 14.0. The Morgan fingerprint density at radius 1 is 1.27 bits per heavy atom. The number of carbonyl (C=O) groups is 3. The number of rotatable bonds is 4. The Kier molecular flexibility index (Phi) is 4.94. The molecule has 0 bridgehead atoms. The molecule has 3 rings (SSSR count). The lowest BCUT2D eigenvalue weighted by Gasteiger charge is -2.06. The maximum Gasteiger partial charge on any atom is 0.375 e. The zero-order valence-corrected chi connectivity index (χ0v) is 15.6. The summed E-state index contributed by atoms with van der Waals surface area (Å²) in [5.74, 6) is -2.03. The molecule has 0 saturated heterocycles. The van der Waals surface area contributed by atoms with Gasteiger partial charge in [-0.3, -0.25) is 14.9 Å². The fourth-order valence-electron chi connectivity index (χ4n) is 2.51. The van der Waals surface area contributed by atoms with Gasteiger partial charge in [-0.1, -0.05) is 15.9 Å². The second kappa shape index (κ2) is 7.17. The molecular formula is C18H15BrN2O5. The van der Waals surface area contributed by atoms with Crippen molar-refractivity contribution in [3.05, 3.63) is 58.0 Å². The molecule has 7 nitrogen and oxygen atoms in total. The van der Waals surface area contributed by atoms with Crippen LogP contribution in [-0.2, 0) is 16.6 Å². The number of imide groups is 1. The van der Waals surface area contributed by atoms with Crippen molar-refractivity contribution < 1.29 is 23.5 Å². The van der Waals surface area contributed by atoms with Crippen molar-refractivity contribution >= 4 is 44.7 Å². The fourth-order valence-corrected chi connectivity index (χ4v) is 2.87. The monoisotopic (exact) mass is 418 g/mol. The highest BCUT2D eigenvalue weighted by atomic mass is 79.9. The van der Waals surface area contributed by atoms with Gasteiger partial charge in [0.1, 0.15) is 11.3 Å². The van der Waals surface area contributed by atoms with Crippen LogP contribution < -0.4 is 5.32 Å². The fraction of sp³-hybridized carbons (Fsp3) is 0.167. The quantitative estimate of drug-likeness (QED) is 0.657. The number of aryl methyl sites for hydroxylation is 2. The summed E-state index contributed by atoms with van der Waals surface area (Å²) < 4.78 is 12.9. The number of hydrogen-bond acceptors (Lipinski definition) is 5. The highest BCUT2D eigenvalue weighted by Crippen LogP contribution is 2.28. The van der Waals surface area contributed by atoms with E-state index in [4.69, 9.17) is 9.15 Å². The Hall–Kier alpha value is -2.87. The van der Waals surface area contributed by atoms with Gasteiger partial charge in [-0.25, -0.2) is 4.79 Å². The first-order chi connectivity index (χ1) is 12.4. The van der Waals surface area contributed by atoms with Gasteiger partial charge in [0.05, 0.1) is 0 Å². The summed E-state index contributed by atoms with van der Waals surface area (Å²) in [5.41, 5.74) is 1.48. The van der Waals surface area contributed by atoms with Gasteiger partial charge in [0.25, 0.3) is 11.8 Å². The molecular weight excluding hydrogens is 404 g/mol. The Bertz CT molecular complexity index is 1020. The first-order valence-corrected chi connectivity index (χ1v) is 8.47. The van der Waals surface area contributed by atoms with Crippen molar-refractivity contribution in [2.75, 3.05) is 6.61 Å². The molecule has 0 aliphatic heterocycles. The van der Waals surface area contributed by atoms with Gasteiger partial charge in [0.2, 0.25) is 5.76 Å². The average Bonchev–Trinajstić information content (AvgIpc) is 3.17. The number of halogens is 1. The number of hydrogen-bond donors (Lipinski definition) is 1. The standard InChI is InChI=1S/C18H15BrN2O5/c1-10-12-8-11(19)5-6-14(12)26-16(10)18(24)25-9-15(22)20-17(23)13-4-3-7-21(13)2/h3-8H,9H2,1-2H3,(H,20,22,23). The molecule has 0 fully saturated rings. The third kappa shape index (κ3) is 3.55. The predicted molar refractivity (Wildman–Crippen MR) is 96.8 cm³/mol. The molecule has 1 aromatic carbocycles. The van der Waals surface area contributed by atoms with E-state index in [2.05, 4.69) is 21.2 Å². The largest absolute Gasteiger partial charge is 0.450 e. The van der Waals surface area contributed by atoms with E-state index >= 15 is 0 Å². The molecule has 0 aliphatic carbocycles. The smallest absolute Gasteiger partial charge is 0.375 e. The molecule has 2 amide bonds. The van der Waals surface area contributed by atoms with E-state index in [0.29, 0.717) is 16.8 Å². The molecule has 1 N–H and O–H groups in total. The van der Waals surface area contributed by atoms with Crippen molar-refractivity contribution in [3.8, 4) is 0 Å². The maximum atomic E-state index is 12.2. The van der Waals surface area contributed by atoms with Crippen LogP contribution in [0.4, 0.5) is 0 Å². The van der Waals surface area contributed by atoms with Gasteiger partial charge in [-0.2, -0.15) is 0 Å². The molecule has 8 heteroatoms. The summed E-state index contributed by atoms with van der Waals surface area (Å²) >= 11 is 3.36. The number of furan rings is 1. The van der Waals surface area contributed by atoms with Gasteiger partial charge >= 0.3 is 5.97 Å². The number of fused-ring (bicyclic) bond motifs is 1. The van der Waals surface area contributed by atoms with Crippen molar-refractivity contribution in [2.24, 2.45) is 7.05 Å². The highest BCUT2D eigenvalue weighted by Gasteiger charge is 2.21. The van der Waals surface area contributed by atoms with E-state index in [1.165, 1.54) is 0 Å². The minimum atomic E-state index is -0.767. The highest BCUT2D eigenvalue weighted by molar-refractivity contribution is 9.10. The van der Waals surface area contributed by atoms with Gasteiger partial charge in [-0.05, 0) is 37.3 Å². The lowest BCUT2D eigenvalue weighted by Crippen LogP contribution is -2.35. The first-order valence-electron chi connectivity index (χ1n) is 7.68. The van der Waals surface area contributed by atoms with E-state index in [0.717, 1.165) is 9.86 Å². The maximum absolute atomic E-state index is 12.2. The van der Waals surface area contributed by atoms with Gasteiger partial charge in [0, 0.05) is 28.7 Å². The van der Waals surface area contributed by atoms with Crippen molar-refractivity contribution in [2.45, 2.75) is 6.92 Å². The van der Waals surface area contributed by atoms with Gasteiger partial charge in [0.15, 0.2) is 6.61 Å². The molecule has 3 aromatic rings. The normalized spacial score (nSPS) is 10.7. The third-order valence-electron chi connectivity index (χ3n) is 3.85. The first kappa shape index (κ1) is 17.9. The molecule has 134 valence electrons. The number of ether oxygens (including phenoxy) is 1. The Balaban J connectivity index is 1.64. The van der Waals surface area contributed by atoms with Crippen LogP contribution in [0.1, 0.15) is 26.6 Å². The second-order valence-corrected chi connectivity index (χ2v) is 6.57. The summed E-state index contributed by atoms with van der Waals surface area (Å²) in [6.45, 7) is 1.14. The molecule has 0 aliphatic rings. The van der Waals surface area contributed by atoms with E-state index in [9.17, 15) is 14.4 Å². The van der Waals surface area contributed by atoms with E-state index < -0.39 is 24.4 Å². The number of nitrogens with one attached hydrogen (secondary N) is 1. The van der Waals surface area contributed by atoms with Crippen molar-refractivity contribution in [3.63, 3.8) is 0 Å². The van der Waals surface area contributed by atoms with Crippen LogP contribution in [-0.4, -0.2) is 29.0 Å². The number of nitrogens with zero attached hydrogens (tertiary/aromatic N) is 1. The molecule has 0 saturated carbocycles. The van der Waals surface area contributed by atoms with Crippen LogP contribution in [0.5, 0.6) is 0 Å². The number of benzene rings is 1. The molecule has 26 heavy (non-hydrogen) atoms. The summed E-state index contributed by atoms with van der Waals surface area (Å²) in [7, 11) is 1.68. The Morgan fingerprint density at radius 3 is 2.73 bits per heavy atom. The van der Waals surface area contributed by atoms with Crippen LogP contribution in [0.2, 0.25) is 0 Å². The average molecular weight is 419 g/mol. The minimum absolute atomic E-state index is 0.0275. The lowest BCUT2D eigenvalue weighted by molar-refractivity contribution is -0.123. The van der Waals surface area contributed by atoms with E-state index in [1.54, 1.807) is 49.0 Å². The van der Waals surface area contributed by atoms with Crippen LogP contribution in [0.3, 0.4) is 0 Å². The van der Waals surface area contributed by atoms with Crippen molar-refractivity contribution in [1.82, 2.24) is 9.88 Å². The number of aromatic nitrogens is 1. The zero-order chi connectivity index (χ0) is 18.8. The van der Waals surface area contributed by atoms with Gasteiger partial charge < -0.3 is 13.7 Å². The number of esters is 1. The Labute approximate surface area is 157 Å². The topological polar surface area (TPSA) is 90.5 Å². The van der Waals surface area contributed by atoms with Crippen LogP contribution >= 0.6 is 15.9 Å². The summed E-state index contributed by atoms with van der Waals surface area (Å²) in [5, 5.41) is 2.94. The Morgan fingerprint density at radius 2 is 2.04 bits per heavy atom. The predicted octanol–water partition coefficient (Wildman–Crippen LogP) is 2.96. The third-order valence-corrected chi connectivity index (χ3v) is 4.34. The molecule has 0 spiro atoms. The SMILES string of the molecule is Cc1c(C(=O)OCC(=O)NC(=O)c2cccn2C)oc2ccc(Br)cc12. The van der Waals surface area contributed by atoms with E-state index in [-0.39, 0.29) is 5.76 Å². The lowest BCUT2D eigenvalue weighted by atomic mass is 10.1. The summed E-state index contributed by atoms with van der Waals surface area (Å²) in [6, 6.07) is 8.61. The molecule has 0 radical (unpaired) electrons. The van der Waals surface area contributed by atoms with Crippen LogP contribution in [0.25, 0.3) is 11.0 Å². The van der Waals surface area contributed by atoms with Gasteiger partial charge in [-0.15, -0.1) is 0 Å². The minimum Gasteiger partial charge on any atom is -0.450 e. The molecule has 2 heterocycles. The summed E-state index contributed by atoms with van der Waals surface area (Å²) in [4.78, 5) is 36.0. The molecule has 0 unspecified atom stereocenters. The summed E-state index contributed by atoms with van der Waals surface area (Å²) in [6.07, 6.45) is 1.68. The number of carbonyl (C=O) groups excluding carboxylic acids is 3. The number of amides is 2.